The number of carbonyl (C=O) groups is 2. The summed E-state index contributed by atoms with van der Waals surface area (Å²) >= 11 is 11.8. The normalized spacial score (nSPS) is 11.0. The van der Waals surface area contributed by atoms with E-state index in [-0.39, 0.29) is 44.5 Å². The molecule has 0 radical (unpaired) electrons. The molecule has 2 N–H and O–H groups in total. The van der Waals surface area contributed by atoms with E-state index in [9.17, 15) is 18.0 Å². The molecule has 29 heavy (non-hydrogen) atoms. The molecule has 0 atom stereocenters. The first-order valence-electron chi connectivity index (χ1n) is 8.66. The van der Waals surface area contributed by atoms with Gasteiger partial charge in [-0.3, -0.25) is 14.3 Å². The molecule has 0 saturated heterocycles. The Kier molecular flexibility index (Phi) is 8.31. The summed E-state index contributed by atoms with van der Waals surface area (Å²) in [6.45, 7) is 0.379. The number of methoxy groups -OCH3 is 1. The number of nitrogens with one attached hydrogen (secondary N) is 2. The van der Waals surface area contributed by atoms with Gasteiger partial charge in [-0.05, 0) is 49.2 Å². The third-order valence-corrected chi connectivity index (χ3v) is 5.98. The average Bonchev–Trinajstić information content (AvgIpc) is 2.68. The summed E-state index contributed by atoms with van der Waals surface area (Å²) in [4.78, 5) is 23.1. The molecule has 0 aliphatic rings. The van der Waals surface area contributed by atoms with Gasteiger partial charge >= 0.3 is 5.97 Å². The SMILES string of the molecule is COC(=O)CCCCNC(=O)c1cccc(NS(=O)(=O)c2cc(Cl)ccc2Cl)c1. The van der Waals surface area contributed by atoms with Crippen molar-refractivity contribution in [3.05, 3.63) is 58.1 Å². The van der Waals surface area contributed by atoms with E-state index in [0.29, 0.717) is 19.4 Å². The van der Waals surface area contributed by atoms with Gasteiger partial charge in [-0.1, -0.05) is 29.3 Å². The van der Waals surface area contributed by atoms with Gasteiger partial charge in [0.2, 0.25) is 0 Å². The van der Waals surface area contributed by atoms with Crippen LogP contribution in [0.3, 0.4) is 0 Å². The first-order valence-corrected chi connectivity index (χ1v) is 10.9. The maximum Gasteiger partial charge on any atom is 0.305 e. The van der Waals surface area contributed by atoms with Crippen molar-refractivity contribution in [2.24, 2.45) is 0 Å². The molecule has 0 saturated carbocycles. The number of anilines is 1. The Morgan fingerprint density at radius 2 is 1.83 bits per heavy atom. The molecule has 156 valence electrons. The highest BCUT2D eigenvalue weighted by atomic mass is 35.5. The molecule has 0 aliphatic heterocycles. The quantitative estimate of drug-likeness (QED) is 0.438. The highest BCUT2D eigenvalue weighted by molar-refractivity contribution is 7.92. The zero-order valence-electron chi connectivity index (χ0n) is 15.6. The maximum atomic E-state index is 12.6. The van der Waals surface area contributed by atoms with Gasteiger partial charge in [0.15, 0.2) is 0 Å². The summed E-state index contributed by atoms with van der Waals surface area (Å²) in [7, 11) is -2.66. The number of benzene rings is 2. The van der Waals surface area contributed by atoms with Crippen LogP contribution >= 0.6 is 23.2 Å². The molecule has 0 aromatic heterocycles. The Balaban J connectivity index is 2.01. The molecular formula is C19H20Cl2N2O5S. The largest absolute Gasteiger partial charge is 0.469 e. The van der Waals surface area contributed by atoms with E-state index in [1.165, 1.54) is 37.4 Å². The minimum atomic E-state index is -3.99. The first kappa shape index (κ1) is 23.0. The number of hydrogen-bond donors (Lipinski definition) is 2. The van der Waals surface area contributed by atoms with E-state index in [1.807, 2.05) is 0 Å². The van der Waals surface area contributed by atoms with Gasteiger partial charge in [-0.15, -0.1) is 0 Å². The Labute approximate surface area is 179 Å². The van der Waals surface area contributed by atoms with Crippen molar-refractivity contribution in [3.8, 4) is 0 Å². The molecule has 0 heterocycles. The fourth-order valence-electron chi connectivity index (χ4n) is 2.42. The molecule has 0 bridgehead atoms. The number of ether oxygens (including phenoxy) is 1. The van der Waals surface area contributed by atoms with Gasteiger partial charge in [0.05, 0.1) is 12.1 Å². The molecule has 2 aromatic carbocycles. The molecule has 7 nitrogen and oxygen atoms in total. The molecule has 10 heteroatoms. The first-order chi connectivity index (χ1) is 13.7. The molecule has 2 rings (SSSR count). The lowest BCUT2D eigenvalue weighted by Gasteiger charge is -2.11. The summed E-state index contributed by atoms with van der Waals surface area (Å²) in [6, 6.07) is 10.2. The van der Waals surface area contributed by atoms with Crippen LogP contribution in [0, 0.1) is 0 Å². The van der Waals surface area contributed by atoms with Crippen LogP contribution in [0.4, 0.5) is 5.69 Å². The van der Waals surface area contributed by atoms with Gasteiger partial charge in [0.1, 0.15) is 4.90 Å². The predicted molar refractivity (Wildman–Crippen MR) is 112 cm³/mol. The zero-order chi connectivity index (χ0) is 21.4. The monoisotopic (exact) mass is 458 g/mol. The Morgan fingerprint density at radius 3 is 2.55 bits per heavy atom. The van der Waals surface area contributed by atoms with E-state index < -0.39 is 10.0 Å². The molecule has 0 aliphatic carbocycles. The van der Waals surface area contributed by atoms with E-state index in [1.54, 1.807) is 12.1 Å². The maximum absolute atomic E-state index is 12.6. The van der Waals surface area contributed by atoms with Crippen molar-refractivity contribution >= 4 is 50.8 Å². The lowest BCUT2D eigenvalue weighted by Crippen LogP contribution is -2.24. The molecule has 0 unspecified atom stereocenters. The molecule has 0 spiro atoms. The lowest BCUT2D eigenvalue weighted by atomic mass is 10.2. The van der Waals surface area contributed by atoms with Crippen molar-refractivity contribution in [2.45, 2.75) is 24.2 Å². The van der Waals surface area contributed by atoms with Crippen LogP contribution in [-0.2, 0) is 19.6 Å². The number of carbonyl (C=O) groups excluding carboxylic acids is 2. The minimum absolute atomic E-state index is 0.0303. The van der Waals surface area contributed by atoms with Crippen molar-refractivity contribution in [2.75, 3.05) is 18.4 Å². The summed E-state index contributed by atoms with van der Waals surface area (Å²) < 4.78 is 32.1. The van der Waals surface area contributed by atoms with Crippen molar-refractivity contribution < 1.29 is 22.7 Å². The fourth-order valence-corrected chi connectivity index (χ4v) is 4.23. The van der Waals surface area contributed by atoms with Crippen LogP contribution in [0.25, 0.3) is 0 Å². The number of amides is 1. The summed E-state index contributed by atoms with van der Waals surface area (Å²) in [5.74, 6) is -0.652. The van der Waals surface area contributed by atoms with Crippen LogP contribution in [-0.4, -0.2) is 33.9 Å². The van der Waals surface area contributed by atoms with Gasteiger partial charge in [0, 0.05) is 29.2 Å². The van der Waals surface area contributed by atoms with Gasteiger partial charge in [-0.2, -0.15) is 0 Å². The third kappa shape index (κ3) is 6.92. The number of sulfonamides is 1. The van der Waals surface area contributed by atoms with E-state index in [0.717, 1.165) is 0 Å². The van der Waals surface area contributed by atoms with Crippen molar-refractivity contribution in [3.63, 3.8) is 0 Å². The van der Waals surface area contributed by atoms with E-state index >= 15 is 0 Å². The molecule has 0 fully saturated rings. The van der Waals surface area contributed by atoms with Crippen molar-refractivity contribution in [1.29, 1.82) is 0 Å². The van der Waals surface area contributed by atoms with Crippen LogP contribution in [0.2, 0.25) is 10.0 Å². The van der Waals surface area contributed by atoms with Crippen LogP contribution < -0.4 is 10.0 Å². The smallest absolute Gasteiger partial charge is 0.305 e. The Morgan fingerprint density at radius 1 is 1.07 bits per heavy atom. The third-order valence-electron chi connectivity index (χ3n) is 3.88. The number of esters is 1. The molecular weight excluding hydrogens is 439 g/mol. The lowest BCUT2D eigenvalue weighted by molar-refractivity contribution is -0.140. The number of unbranched alkanes of at least 4 members (excludes halogenated alkanes) is 1. The number of hydrogen-bond acceptors (Lipinski definition) is 5. The van der Waals surface area contributed by atoms with Gasteiger partial charge < -0.3 is 10.1 Å². The highest BCUT2D eigenvalue weighted by Gasteiger charge is 2.19. The average molecular weight is 459 g/mol. The molecule has 2 aromatic rings. The van der Waals surface area contributed by atoms with Crippen LogP contribution in [0.5, 0.6) is 0 Å². The predicted octanol–water partition coefficient (Wildman–Crippen LogP) is 3.87. The topological polar surface area (TPSA) is 102 Å². The fraction of sp³-hybridized carbons (Fsp3) is 0.263. The summed E-state index contributed by atoms with van der Waals surface area (Å²) in [5.41, 5.74) is 0.495. The molecule has 1 amide bonds. The van der Waals surface area contributed by atoms with E-state index in [4.69, 9.17) is 23.2 Å². The highest BCUT2D eigenvalue weighted by Crippen LogP contribution is 2.27. The minimum Gasteiger partial charge on any atom is -0.469 e. The number of rotatable bonds is 9. The van der Waals surface area contributed by atoms with Crippen molar-refractivity contribution in [1.82, 2.24) is 5.32 Å². The second kappa shape index (κ2) is 10.5. The summed E-state index contributed by atoms with van der Waals surface area (Å²) in [6.07, 6.45) is 1.49. The number of halogens is 2. The standard InChI is InChI=1S/C19H20Cl2N2O5S/c1-28-18(24)7-2-3-10-22-19(25)13-5-4-6-15(11-13)23-29(26,27)17-12-14(20)8-9-16(17)21/h4-6,8-9,11-12,23H,2-3,7,10H2,1H3,(H,22,25). The summed E-state index contributed by atoms with van der Waals surface area (Å²) in [5, 5.41) is 2.98. The van der Waals surface area contributed by atoms with Crippen LogP contribution in [0.15, 0.2) is 47.4 Å². The van der Waals surface area contributed by atoms with E-state index in [2.05, 4.69) is 14.8 Å². The Bertz CT molecular complexity index is 996. The second-order valence-corrected chi connectivity index (χ2v) is 8.54. The zero-order valence-corrected chi connectivity index (χ0v) is 17.9. The second-order valence-electron chi connectivity index (χ2n) is 6.05. The Hall–Kier alpha value is -2.29. The van der Waals surface area contributed by atoms with Gasteiger partial charge in [0.25, 0.3) is 15.9 Å². The van der Waals surface area contributed by atoms with Crippen LogP contribution in [0.1, 0.15) is 29.6 Å². The van der Waals surface area contributed by atoms with Gasteiger partial charge in [-0.25, -0.2) is 8.42 Å².